The van der Waals surface area contributed by atoms with Crippen LogP contribution in [0.1, 0.15) is 47.7 Å². The molecule has 1 unspecified atom stereocenters. The van der Waals surface area contributed by atoms with Crippen molar-refractivity contribution in [1.29, 1.82) is 0 Å². The van der Waals surface area contributed by atoms with Crippen molar-refractivity contribution in [2.45, 2.75) is 39.2 Å². The van der Waals surface area contributed by atoms with Crippen molar-refractivity contribution < 1.29 is 4.39 Å². The summed E-state index contributed by atoms with van der Waals surface area (Å²) in [5.41, 5.74) is 8.34. The van der Waals surface area contributed by atoms with Crippen LogP contribution in [0.5, 0.6) is 0 Å². The average Bonchev–Trinajstić information content (AvgIpc) is 2.76. The van der Waals surface area contributed by atoms with Gasteiger partial charge < -0.3 is 5.73 Å². The van der Waals surface area contributed by atoms with Gasteiger partial charge in [-0.2, -0.15) is 0 Å². The first-order valence-electron chi connectivity index (χ1n) is 6.41. The molecule has 1 heterocycles. The first-order chi connectivity index (χ1) is 8.79. The summed E-state index contributed by atoms with van der Waals surface area (Å²) in [5.74, 6) is -0.213. The van der Waals surface area contributed by atoms with Gasteiger partial charge in [-0.1, -0.05) is 26.8 Å². The quantitative estimate of drug-likeness (QED) is 0.856. The van der Waals surface area contributed by atoms with E-state index in [1.165, 1.54) is 17.0 Å². The number of thiophene rings is 1. The topological polar surface area (TPSA) is 26.0 Å². The highest BCUT2D eigenvalue weighted by Crippen LogP contribution is 2.34. The lowest BCUT2D eigenvalue weighted by Gasteiger charge is -2.16. The van der Waals surface area contributed by atoms with Crippen molar-refractivity contribution >= 4 is 11.3 Å². The lowest BCUT2D eigenvalue weighted by molar-refractivity contribution is 0.604. The van der Waals surface area contributed by atoms with E-state index in [1.807, 2.05) is 6.92 Å². The van der Waals surface area contributed by atoms with Crippen LogP contribution < -0.4 is 5.73 Å². The zero-order valence-electron chi connectivity index (χ0n) is 11.8. The standard InChI is InChI=1S/C16H20FNS/c1-10-9-11(17)5-6-12(10)15(18)13-7-8-14(19-13)16(2,3)4/h5-9,15H,18H2,1-4H3. The van der Waals surface area contributed by atoms with Crippen LogP contribution in [0.4, 0.5) is 4.39 Å². The molecule has 3 heteroatoms. The SMILES string of the molecule is Cc1cc(F)ccc1C(N)c1ccc(C(C)(C)C)s1. The molecule has 0 aliphatic carbocycles. The lowest BCUT2D eigenvalue weighted by Crippen LogP contribution is -2.12. The molecule has 2 aromatic rings. The van der Waals surface area contributed by atoms with Crippen LogP contribution in [0.25, 0.3) is 0 Å². The second-order valence-electron chi connectivity index (χ2n) is 5.93. The molecule has 1 aromatic heterocycles. The second kappa shape index (κ2) is 5.06. The van der Waals surface area contributed by atoms with Gasteiger partial charge in [-0.3, -0.25) is 0 Å². The molecule has 0 saturated heterocycles. The molecule has 0 spiro atoms. The monoisotopic (exact) mass is 277 g/mol. The van der Waals surface area contributed by atoms with Crippen molar-refractivity contribution in [2.24, 2.45) is 5.73 Å². The molecule has 102 valence electrons. The van der Waals surface area contributed by atoms with Gasteiger partial charge in [0.2, 0.25) is 0 Å². The van der Waals surface area contributed by atoms with Gasteiger partial charge in [-0.05, 0) is 47.7 Å². The molecule has 0 radical (unpaired) electrons. The number of rotatable bonds is 2. The third-order valence-electron chi connectivity index (χ3n) is 3.24. The Kier molecular flexibility index (Phi) is 3.79. The Balaban J connectivity index is 2.34. The molecule has 2 rings (SSSR count). The molecule has 0 bridgehead atoms. The Morgan fingerprint density at radius 1 is 1.16 bits per heavy atom. The minimum Gasteiger partial charge on any atom is -0.320 e. The fraction of sp³-hybridized carbons (Fsp3) is 0.375. The van der Waals surface area contributed by atoms with Gasteiger partial charge in [0.15, 0.2) is 0 Å². The summed E-state index contributed by atoms with van der Waals surface area (Å²) in [4.78, 5) is 2.44. The zero-order valence-corrected chi connectivity index (χ0v) is 12.6. The summed E-state index contributed by atoms with van der Waals surface area (Å²) in [6, 6.07) is 8.83. The Bertz CT molecular complexity index is 581. The summed E-state index contributed by atoms with van der Waals surface area (Å²) in [6.07, 6.45) is 0. The molecule has 1 atom stereocenters. The summed E-state index contributed by atoms with van der Waals surface area (Å²) >= 11 is 1.74. The number of aryl methyl sites for hydroxylation is 1. The number of nitrogens with two attached hydrogens (primary N) is 1. The van der Waals surface area contributed by atoms with Crippen LogP contribution in [-0.4, -0.2) is 0 Å². The van der Waals surface area contributed by atoms with Gasteiger partial charge in [0.1, 0.15) is 5.82 Å². The minimum atomic E-state index is -0.213. The number of hydrogen-bond acceptors (Lipinski definition) is 2. The lowest BCUT2D eigenvalue weighted by atomic mass is 9.95. The third-order valence-corrected chi connectivity index (χ3v) is 4.83. The van der Waals surface area contributed by atoms with Gasteiger partial charge in [0, 0.05) is 9.75 Å². The number of hydrogen-bond donors (Lipinski definition) is 1. The fourth-order valence-corrected chi connectivity index (χ4v) is 3.15. The molecule has 0 fully saturated rings. The van der Waals surface area contributed by atoms with Crippen molar-refractivity contribution in [2.75, 3.05) is 0 Å². The van der Waals surface area contributed by atoms with E-state index in [4.69, 9.17) is 5.73 Å². The van der Waals surface area contributed by atoms with Gasteiger partial charge >= 0.3 is 0 Å². The fourth-order valence-electron chi connectivity index (χ4n) is 2.06. The second-order valence-corrected chi connectivity index (χ2v) is 7.05. The summed E-state index contributed by atoms with van der Waals surface area (Å²) in [6.45, 7) is 8.47. The van der Waals surface area contributed by atoms with E-state index in [0.717, 1.165) is 16.0 Å². The molecular formula is C16H20FNS. The van der Waals surface area contributed by atoms with Crippen molar-refractivity contribution in [3.05, 3.63) is 57.0 Å². The van der Waals surface area contributed by atoms with E-state index < -0.39 is 0 Å². The maximum atomic E-state index is 13.1. The van der Waals surface area contributed by atoms with Gasteiger partial charge in [-0.15, -0.1) is 11.3 Å². The Morgan fingerprint density at radius 2 is 1.84 bits per heavy atom. The predicted molar refractivity (Wildman–Crippen MR) is 80.2 cm³/mol. The summed E-state index contributed by atoms with van der Waals surface area (Å²) < 4.78 is 13.1. The van der Waals surface area contributed by atoms with Crippen LogP contribution in [0.2, 0.25) is 0 Å². The van der Waals surface area contributed by atoms with Crippen LogP contribution >= 0.6 is 11.3 Å². The van der Waals surface area contributed by atoms with Crippen LogP contribution in [-0.2, 0) is 5.41 Å². The Morgan fingerprint density at radius 3 is 2.37 bits per heavy atom. The van der Waals surface area contributed by atoms with Crippen molar-refractivity contribution in [3.63, 3.8) is 0 Å². The van der Waals surface area contributed by atoms with Gasteiger partial charge in [-0.25, -0.2) is 4.39 Å². The van der Waals surface area contributed by atoms with Crippen LogP contribution in [0.3, 0.4) is 0 Å². The number of benzene rings is 1. The van der Waals surface area contributed by atoms with Crippen LogP contribution in [0.15, 0.2) is 30.3 Å². The molecule has 0 aliphatic rings. The largest absolute Gasteiger partial charge is 0.320 e. The van der Waals surface area contributed by atoms with E-state index in [0.29, 0.717) is 0 Å². The summed E-state index contributed by atoms with van der Waals surface area (Å²) in [7, 11) is 0. The minimum absolute atomic E-state index is 0.139. The van der Waals surface area contributed by atoms with Crippen molar-refractivity contribution in [3.8, 4) is 0 Å². The van der Waals surface area contributed by atoms with E-state index >= 15 is 0 Å². The molecule has 0 saturated carbocycles. The summed E-state index contributed by atoms with van der Waals surface area (Å²) in [5, 5.41) is 0. The maximum Gasteiger partial charge on any atom is 0.123 e. The smallest absolute Gasteiger partial charge is 0.123 e. The first-order valence-corrected chi connectivity index (χ1v) is 7.22. The highest BCUT2D eigenvalue weighted by molar-refractivity contribution is 7.12. The van der Waals surface area contributed by atoms with E-state index in [2.05, 4.69) is 32.9 Å². The molecule has 0 amide bonds. The maximum absolute atomic E-state index is 13.1. The third kappa shape index (κ3) is 3.04. The van der Waals surface area contributed by atoms with E-state index in [9.17, 15) is 4.39 Å². The molecule has 1 nitrogen and oxygen atoms in total. The average molecular weight is 277 g/mol. The molecule has 1 aromatic carbocycles. The van der Waals surface area contributed by atoms with Crippen LogP contribution in [0, 0.1) is 12.7 Å². The highest BCUT2D eigenvalue weighted by Gasteiger charge is 2.19. The first kappa shape index (κ1) is 14.2. The molecule has 2 N–H and O–H groups in total. The van der Waals surface area contributed by atoms with Crippen molar-refractivity contribution in [1.82, 2.24) is 0 Å². The molecular weight excluding hydrogens is 257 g/mol. The highest BCUT2D eigenvalue weighted by atomic mass is 32.1. The molecule has 19 heavy (non-hydrogen) atoms. The van der Waals surface area contributed by atoms with E-state index in [1.54, 1.807) is 17.4 Å². The van der Waals surface area contributed by atoms with E-state index in [-0.39, 0.29) is 17.3 Å². The normalized spacial score (nSPS) is 13.6. The number of halogens is 1. The Hall–Kier alpha value is -1.19. The zero-order chi connectivity index (χ0) is 14.2. The van der Waals surface area contributed by atoms with Gasteiger partial charge in [0.05, 0.1) is 6.04 Å². The predicted octanol–water partition coefficient (Wildman–Crippen LogP) is 4.54. The van der Waals surface area contributed by atoms with Gasteiger partial charge in [0.25, 0.3) is 0 Å². The Labute approximate surface area is 118 Å². The molecule has 0 aliphatic heterocycles.